The highest BCUT2D eigenvalue weighted by Gasteiger charge is 2.34. The van der Waals surface area contributed by atoms with E-state index >= 15 is 0 Å². The Balaban J connectivity index is 1.83. The summed E-state index contributed by atoms with van der Waals surface area (Å²) in [6.07, 6.45) is 4.71. The van der Waals surface area contributed by atoms with Crippen LogP contribution in [0.5, 0.6) is 0 Å². The number of carbonyl (C=O) groups excluding carboxylic acids is 2. The van der Waals surface area contributed by atoms with Gasteiger partial charge in [0.05, 0.1) is 17.7 Å². The molecule has 2 heterocycles. The molecule has 0 bridgehead atoms. The summed E-state index contributed by atoms with van der Waals surface area (Å²) in [7, 11) is 0. The normalized spacial score (nSPS) is 20.0. The Bertz CT molecular complexity index is 737. The van der Waals surface area contributed by atoms with Crippen LogP contribution >= 0.6 is 0 Å². The molecule has 5 heteroatoms. The molecule has 26 heavy (non-hydrogen) atoms. The van der Waals surface area contributed by atoms with Gasteiger partial charge in [0.15, 0.2) is 0 Å². The minimum Gasteiger partial charge on any atom is -0.472 e. The third-order valence-corrected chi connectivity index (χ3v) is 5.09. The molecule has 5 nitrogen and oxygen atoms in total. The van der Waals surface area contributed by atoms with Gasteiger partial charge in [-0.1, -0.05) is 31.2 Å². The zero-order chi connectivity index (χ0) is 18.5. The summed E-state index contributed by atoms with van der Waals surface area (Å²) in [5.74, 6) is -0.108. The van der Waals surface area contributed by atoms with E-state index < -0.39 is 0 Å². The number of hydrogen-bond acceptors (Lipinski definition) is 3. The molecule has 1 aromatic carbocycles. The molecule has 0 spiro atoms. The number of nitrogens with zero attached hydrogens (tertiary/aromatic N) is 1. The van der Waals surface area contributed by atoms with Gasteiger partial charge in [0.25, 0.3) is 5.91 Å². The molecule has 0 unspecified atom stereocenters. The van der Waals surface area contributed by atoms with Crippen molar-refractivity contribution >= 4 is 11.8 Å². The monoisotopic (exact) mass is 354 g/mol. The molecular formula is C21H26N2O3. The van der Waals surface area contributed by atoms with Crippen molar-refractivity contribution in [2.75, 3.05) is 19.6 Å². The fourth-order valence-corrected chi connectivity index (χ4v) is 3.61. The standard InChI is InChI=1S/C21H26N2O3/c1-3-15-5-7-16(8-6-15)18-11-19(20(24)22-4-2)13-23(12-18)21(25)17-9-10-26-14-17/h5-10,14,18-19H,3-4,11-13H2,1-2H3,(H,22,24)/t18-,19-/m1/s1. The Morgan fingerprint density at radius 2 is 1.92 bits per heavy atom. The second kappa shape index (κ2) is 8.21. The quantitative estimate of drug-likeness (QED) is 0.897. The maximum Gasteiger partial charge on any atom is 0.257 e. The van der Waals surface area contributed by atoms with Crippen molar-refractivity contribution in [1.29, 1.82) is 0 Å². The van der Waals surface area contributed by atoms with Crippen molar-refractivity contribution < 1.29 is 14.0 Å². The van der Waals surface area contributed by atoms with Crippen LogP contribution in [0.1, 0.15) is 47.7 Å². The molecule has 0 radical (unpaired) electrons. The van der Waals surface area contributed by atoms with Crippen LogP contribution in [0.4, 0.5) is 0 Å². The molecule has 0 saturated carbocycles. The minimum absolute atomic E-state index is 0.0207. The zero-order valence-electron chi connectivity index (χ0n) is 15.4. The van der Waals surface area contributed by atoms with E-state index in [2.05, 4.69) is 36.5 Å². The van der Waals surface area contributed by atoms with E-state index in [0.29, 0.717) is 25.2 Å². The molecule has 1 saturated heterocycles. The largest absolute Gasteiger partial charge is 0.472 e. The van der Waals surface area contributed by atoms with E-state index in [1.165, 1.54) is 23.7 Å². The van der Waals surface area contributed by atoms with Crippen LogP contribution in [0.25, 0.3) is 0 Å². The van der Waals surface area contributed by atoms with E-state index in [4.69, 9.17) is 4.42 Å². The predicted molar refractivity (Wildman–Crippen MR) is 100.0 cm³/mol. The number of furan rings is 1. The molecule has 3 rings (SSSR count). The fourth-order valence-electron chi connectivity index (χ4n) is 3.61. The van der Waals surface area contributed by atoms with E-state index in [1.807, 2.05) is 6.92 Å². The van der Waals surface area contributed by atoms with E-state index in [0.717, 1.165) is 12.8 Å². The molecule has 2 amide bonds. The number of benzene rings is 1. The molecule has 1 aliphatic rings. The summed E-state index contributed by atoms with van der Waals surface area (Å²) in [6, 6.07) is 10.2. The lowest BCUT2D eigenvalue weighted by molar-refractivity contribution is -0.126. The second-order valence-corrected chi connectivity index (χ2v) is 6.84. The third-order valence-electron chi connectivity index (χ3n) is 5.09. The van der Waals surface area contributed by atoms with Crippen LogP contribution in [0.3, 0.4) is 0 Å². The number of hydrogen-bond donors (Lipinski definition) is 1. The highest BCUT2D eigenvalue weighted by Crippen LogP contribution is 2.31. The minimum atomic E-state index is -0.199. The average molecular weight is 354 g/mol. The van der Waals surface area contributed by atoms with Gasteiger partial charge in [-0.25, -0.2) is 0 Å². The van der Waals surface area contributed by atoms with Gasteiger partial charge in [-0.3, -0.25) is 9.59 Å². The van der Waals surface area contributed by atoms with Crippen LogP contribution in [0.15, 0.2) is 47.3 Å². The Kier molecular flexibility index (Phi) is 5.76. The number of carbonyl (C=O) groups is 2. The molecule has 1 N–H and O–H groups in total. The van der Waals surface area contributed by atoms with Crippen molar-refractivity contribution in [2.24, 2.45) is 5.92 Å². The lowest BCUT2D eigenvalue weighted by Gasteiger charge is -2.37. The smallest absolute Gasteiger partial charge is 0.257 e. The summed E-state index contributed by atoms with van der Waals surface area (Å²) in [5.41, 5.74) is 3.00. The molecular weight excluding hydrogens is 328 g/mol. The van der Waals surface area contributed by atoms with Crippen LogP contribution in [0.2, 0.25) is 0 Å². The molecule has 0 aliphatic carbocycles. The maximum absolute atomic E-state index is 12.8. The highest BCUT2D eigenvalue weighted by molar-refractivity contribution is 5.94. The van der Waals surface area contributed by atoms with Gasteiger partial charge >= 0.3 is 0 Å². The molecule has 1 aliphatic heterocycles. The number of aryl methyl sites for hydroxylation is 1. The molecule has 2 atom stereocenters. The van der Waals surface area contributed by atoms with Crippen LogP contribution in [-0.4, -0.2) is 36.3 Å². The fraction of sp³-hybridized carbons (Fsp3) is 0.429. The summed E-state index contributed by atoms with van der Waals surface area (Å²) in [5, 5.41) is 2.90. The molecule has 138 valence electrons. The number of likely N-dealkylation sites (tertiary alicyclic amines) is 1. The Morgan fingerprint density at radius 3 is 2.54 bits per heavy atom. The Hall–Kier alpha value is -2.56. The summed E-state index contributed by atoms with van der Waals surface area (Å²) >= 11 is 0. The lowest BCUT2D eigenvalue weighted by Crippen LogP contribution is -2.48. The van der Waals surface area contributed by atoms with Gasteiger partial charge in [0, 0.05) is 25.6 Å². The van der Waals surface area contributed by atoms with E-state index in [1.54, 1.807) is 11.0 Å². The first-order valence-corrected chi connectivity index (χ1v) is 9.30. The second-order valence-electron chi connectivity index (χ2n) is 6.84. The summed E-state index contributed by atoms with van der Waals surface area (Å²) < 4.78 is 5.05. The highest BCUT2D eigenvalue weighted by atomic mass is 16.3. The average Bonchev–Trinajstić information content (AvgIpc) is 3.22. The number of rotatable bonds is 5. The van der Waals surface area contributed by atoms with Crippen molar-refractivity contribution in [3.63, 3.8) is 0 Å². The van der Waals surface area contributed by atoms with Gasteiger partial charge in [-0.05, 0) is 37.0 Å². The molecule has 1 fully saturated rings. The van der Waals surface area contributed by atoms with Crippen LogP contribution in [-0.2, 0) is 11.2 Å². The van der Waals surface area contributed by atoms with Crippen molar-refractivity contribution in [2.45, 2.75) is 32.6 Å². The number of piperidine rings is 1. The first-order chi connectivity index (χ1) is 12.6. The van der Waals surface area contributed by atoms with Gasteiger partial charge in [-0.2, -0.15) is 0 Å². The van der Waals surface area contributed by atoms with E-state index in [-0.39, 0.29) is 23.7 Å². The van der Waals surface area contributed by atoms with Crippen molar-refractivity contribution in [3.8, 4) is 0 Å². The third kappa shape index (κ3) is 3.98. The van der Waals surface area contributed by atoms with Crippen LogP contribution < -0.4 is 5.32 Å². The van der Waals surface area contributed by atoms with E-state index in [9.17, 15) is 9.59 Å². The predicted octanol–water partition coefficient (Wildman–Crippen LogP) is 3.22. The zero-order valence-corrected chi connectivity index (χ0v) is 15.4. The SMILES string of the molecule is CCNC(=O)[C@@H]1C[C@@H](c2ccc(CC)cc2)CN(C(=O)c2ccoc2)C1. The summed E-state index contributed by atoms with van der Waals surface area (Å²) in [4.78, 5) is 27.0. The topological polar surface area (TPSA) is 62.6 Å². The first-order valence-electron chi connectivity index (χ1n) is 9.30. The van der Waals surface area contributed by atoms with Gasteiger partial charge in [0.2, 0.25) is 5.91 Å². The maximum atomic E-state index is 12.8. The first kappa shape index (κ1) is 18.2. The van der Waals surface area contributed by atoms with Crippen molar-refractivity contribution in [1.82, 2.24) is 10.2 Å². The van der Waals surface area contributed by atoms with Gasteiger partial charge in [0.1, 0.15) is 6.26 Å². The lowest BCUT2D eigenvalue weighted by atomic mass is 9.83. The van der Waals surface area contributed by atoms with Crippen LogP contribution in [0, 0.1) is 5.92 Å². The number of amides is 2. The number of nitrogens with one attached hydrogen (secondary N) is 1. The Labute approximate surface area is 154 Å². The Morgan fingerprint density at radius 1 is 1.15 bits per heavy atom. The van der Waals surface area contributed by atoms with Crippen molar-refractivity contribution in [3.05, 3.63) is 59.5 Å². The molecule has 2 aromatic rings. The molecule has 1 aromatic heterocycles. The summed E-state index contributed by atoms with van der Waals surface area (Å²) in [6.45, 7) is 5.70. The van der Waals surface area contributed by atoms with Gasteiger partial charge < -0.3 is 14.6 Å². The van der Waals surface area contributed by atoms with Gasteiger partial charge in [-0.15, -0.1) is 0 Å².